The van der Waals surface area contributed by atoms with Crippen molar-refractivity contribution >= 4 is 17.4 Å². The van der Waals surface area contributed by atoms with Gasteiger partial charge < -0.3 is 14.5 Å². The van der Waals surface area contributed by atoms with Gasteiger partial charge in [-0.1, -0.05) is 6.07 Å². The summed E-state index contributed by atoms with van der Waals surface area (Å²) in [6.45, 7) is 4.26. The summed E-state index contributed by atoms with van der Waals surface area (Å²) in [4.78, 5) is 16.8. The number of carbonyl (C=O) groups excluding carboxylic acids is 1. The number of aromatic nitrogens is 4. The lowest BCUT2D eigenvalue weighted by Gasteiger charge is -2.06. The van der Waals surface area contributed by atoms with Gasteiger partial charge >= 0.3 is 0 Å². The van der Waals surface area contributed by atoms with Gasteiger partial charge in [0.1, 0.15) is 18.0 Å². The van der Waals surface area contributed by atoms with Crippen LogP contribution in [0, 0.1) is 13.8 Å². The molecular formula is C20H19N5O2. The Morgan fingerprint density at radius 2 is 2.04 bits per heavy atom. The van der Waals surface area contributed by atoms with Gasteiger partial charge in [0.2, 0.25) is 0 Å². The fourth-order valence-electron chi connectivity index (χ4n) is 2.80. The van der Waals surface area contributed by atoms with Crippen LogP contribution in [0.4, 0.5) is 5.82 Å². The van der Waals surface area contributed by atoms with Crippen molar-refractivity contribution in [1.29, 1.82) is 0 Å². The molecule has 4 aromatic rings. The number of aryl methyl sites for hydroxylation is 2. The first-order chi connectivity index (χ1) is 13.1. The molecule has 0 saturated carbocycles. The first kappa shape index (κ1) is 16.8. The summed E-state index contributed by atoms with van der Waals surface area (Å²) in [5.74, 6) is 0.958. The lowest BCUT2D eigenvalue weighted by molar-refractivity contribution is 0.102. The van der Waals surface area contributed by atoms with Crippen molar-refractivity contribution in [3.63, 3.8) is 0 Å². The third-order valence-corrected chi connectivity index (χ3v) is 4.18. The molecule has 7 heteroatoms. The zero-order chi connectivity index (χ0) is 18.8. The monoisotopic (exact) mass is 361 g/mol. The van der Waals surface area contributed by atoms with Crippen molar-refractivity contribution in [2.75, 3.05) is 5.32 Å². The Hall–Kier alpha value is -3.61. The van der Waals surface area contributed by atoms with E-state index >= 15 is 0 Å². The number of ether oxygens (including phenoxy) is 1. The number of imidazole rings is 1. The van der Waals surface area contributed by atoms with Gasteiger partial charge in [-0.3, -0.25) is 9.89 Å². The van der Waals surface area contributed by atoms with Crippen molar-refractivity contribution in [1.82, 2.24) is 19.6 Å². The fraction of sp³-hybridized carbons (Fsp3) is 0.150. The number of rotatable bonds is 5. The maximum absolute atomic E-state index is 12.2. The topological polar surface area (TPSA) is 84.3 Å². The molecule has 2 N–H and O–H groups in total. The van der Waals surface area contributed by atoms with E-state index in [1.165, 1.54) is 0 Å². The predicted molar refractivity (Wildman–Crippen MR) is 102 cm³/mol. The Morgan fingerprint density at radius 3 is 2.74 bits per heavy atom. The molecule has 1 aromatic carbocycles. The minimum absolute atomic E-state index is 0.219. The van der Waals surface area contributed by atoms with E-state index < -0.39 is 0 Å². The molecule has 3 heterocycles. The first-order valence-corrected chi connectivity index (χ1v) is 8.58. The highest BCUT2D eigenvalue weighted by Crippen LogP contribution is 2.16. The number of nitrogens with one attached hydrogen (secondary N) is 2. The zero-order valence-electron chi connectivity index (χ0n) is 15.1. The number of amides is 1. The zero-order valence-corrected chi connectivity index (χ0v) is 15.1. The second-order valence-electron chi connectivity index (χ2n) is 6.36. The van der Waals surface area contributed by atoms with E-state index in [0.29, 0.717) is 23.7 Å². The van der Waals surface area contributed by atoms with Crippen LogP contribution in [-0.4, -0.2) is 25.5 Å². The second-order valence-corrected chi connectivity index (χ2v) is 6.36. The number of hydrogen-bond acceptors (Lipinski definition) is 4. The van der Waals surface area contributed by atoms with E-state index in [2.05, 4.69) is 20.5 Å². The van der Waals surface area contributed by atoms with Crippen molar-refractivity contribution in [3.8, 4) is 5.75 Å². The maximum Gasteiger partial charge on any atom is 0.256 e. The molecule has 0 aliphatic carbocycles. The van der Waals surface area contributed by atoms with E-state index in [4.69, 9.17) is 4.74 Å². The Labute approximate surface area is 156 Å². The summed E-state index contributed by atoms with van der Waals surface area (Å²) >= 11 is 0. The molecular weight excluding hydrogens is 342 g/mol. The quantitative estimate of drug-likeness (QED) is 0.570. The molecule has 0 aliphatic rings. The molecule has 0 spiro atoms. The van der Waals surface area contributed by atoms with Crippen LogP contribution in [0.3, 0.4) is 0 Å². The number of aromatic amines is 1. The molecule has 0 bridgehead atoms. The van der Waals surface area contributed by atoms with Crippen molar-refractivity contribution in [2.24, 2.45) is 0 Å². The summed E-state index contributed by atoms with van der Waals surface area (Å²) in [6.07, 6.45) is 3.92. The molecule has 1 amide bonds. The van der Waals surface area contributed by atoms with Gasteiger partial charge in [0.05, 0.1) is 5.69 Å². The molecule has 0 radical (unpaired) electrons. The lowest BCUT2D eigenvalue weighted by atomic mass is 10.2. The van der Waals surface area contributed by atoms with E-state index in [9.17, 15) is 4.79 Å². The molecule has 3 aromatic heterocycles. The molecule has 0 fully saturated rings. The fourth-order valence-corrected chi connectivity index (χ4v) is 2.80. The van der Waals surface area contributed by atoms with Crippen molar-refractivity contribution in [2.45, 2.75) is 20.5 Å². The standard InChI is InChI=1S/C20H19N5O2/c1-13-4-3-9-25-11-16(21-19(13)25)12-27-17-7-5-15(6-8-17)20(26)22-18-10-14(2)23-24-18/h3-11H,12H2,1-2H3,(H2,22,23,24,26). The molecule has 0 unspecified atom stereocenters. The highest BCUT2D eigenvalue weighted by atomic mass is 16.5. The molecule has 0 atom stereocenters. The van der Waals surface area contributed by atoms with E-state index in [0.717, 1.165) is 22.6 Å². The number of anilines is 1. The van der Waals surface area contributed by atoms with Crippen LogP contribution >= 0.6 is 0 Å². The first-order valence-electron chi connectivity index (χ1n) is 8.58. The van der Waals surface area contributed by atoms with E-state index in [1.807, 2.05) is 42.8 Å². The Balaban J connectivity index is 1.39. The number of pyridine rings is 1. The summed E-state index contributed by atoms with van der Waals surface area (Å²) < 4.78 is 7.78. The van der Waals surface area contributed by atoms with Gasteiger partial charge in [-0.25, -0.2) is 4.98 Å². The lowest BCUT2D eigenvalue weighted by Crippen LogP contribution is -2.12. The smallest absolute Gasteiger partial charge is 0.256 e. The minimum atomic E-state index is -0.219. The van der Waals surface area contributed by atoms with Crippen LogP contribution in [-0.2, 0) is 6.61 Å². The van der Waals surface area contributed by atoms with Crippen LogP contribution in [0.2, 0.25) is 0 Å². The van der Waals surface area contributed by atoms with Gasteiger partial charge in [-0.15, -0.1) is 0 Å². The average Bonchev–Trinajstić information content (AvgIpc) is 3.27. The third-order valence-electron chi connectivity index (χ3n) is 4.18. The summed E-state index contributed by atoms with van der Waals surface area (Å²) in [5, 5.41) is 9.52. The van der Waals surface area contributed by atoms with Gasteiger partial charge in [-0.2, -0.15) is 5.10 Å². The van der Waals surface area contributed by atoms with Crippen molar-refractivity contribution in [3.05, 3.63) is 77.4 Å². The number of hydrogen-bond donors (Lipinski definition) is 2. The van der Waals surface area contributed by atoms with Crippen molar-refractivity contribution < 1.29 is 9.53 Å². The average molecular weight is 361 g/mol. The van der Waals surface area contributed by atoms with Crippen LogP contribution < -0.4 is 10.1 Å². The van der Waals surface area contributed by atoms with E-state index in [-0.39, 0.29) is 5.91 Å². The number of benzene rings is 1. The summed E-state index contributed by atoms with van der Waals surface area (Å²) in [7, 11) is 0. The summed E-state index contributed by atoms with van der Waals surface area (Å²) in [6, 6.07) is 12.8. The molecule has 136 valence electrons. The number of H-pyrrole nitrogens is 1. The summed E-state index contributed by atoms with van der Waals surface area (Å²) in [5.41, 5.74) is 4.31. The largest absolute Gasteiger partial charge is 0.487 e. The molecule has 4 rings (SSSR count). The molecule has 7 nitrogen and oxygen atoms in total. The van der Waals surface area contributed by atoms with Gasteiger partial charge in [0.15, 0.2) is 5.82 Å². The second kappa shape index (κ2) is 6.95. The van der Waals surface area contributed by atoms with E-state index in [1.54, 1.807) is 30.3 Å². The Bertz CT molecular complexity index is 1100. The van der Waals surface area contributed by atoms with Crippen LogP contribution in [0.1, 0.15) is 27.3 Å². The normalized spacial score (nSPS) is 10.9. The number of carbonyl (C=O) groups is 1. The minimum Gasteiger partial charge on any atom is -0.487 e. The number of fused-ring (bicyclic) bond motifs is 1. The SMILES string of the molecule is Cc1cc(NC(=O)c2ccc(OCc3cn4cccc(C)c4n3)cc2)n[nH]1. The van der Waals surface area contributed by atoms with Gasteiger partial charge in [0, 0.05) is 29.7 Å². The third kappa shape index (κ3) is 3.67. The van der Waals surface area contributed by atoms with Crippen LogP contribution in [0.15, 0.2) is 54.9 Å². The number of nitrogens with zero attached hydrogens (tertiary/aromatic N) is 3. The Morgan fingerprint density at radius 1 is 1.22 bits per heavy atom. The van der Waals surface area contributed by atoms with Gasteiger partial charge in [-0.05, 0) is 49.7 Å². The molecule has 0 aliphatic heterocycles. The maximum atomic E-state index is 12.2. The highest BCUT2D eigenvalue weighted by Gasteiger charge is 2.09. The van der Waals surface area contributed by atoms with Crippen LogP contribution in [0.5, 0.6) is 5.75 Å². The predicted octanol–water partition coefficient (Wildman–Crippen LogP) is 3.51. The highest BCUT2D eigenvalue weighted by molar-refractivity contribution is 6.03. The van der Waals surface area contributed by atoms with Crippen LogP contribution in [0.25, 0.3) is 5.65 Å². The molecule has 0 saturated heterocycles. The Kier molecular flexibility index (Phi) is 4.33. The van der Waals surface area contributed by atoms with Gasteiger partial charge in [0.25, 0.3) is 5.91 Å². The molecule has 27 heavy (non-hydrogen) atoms.